The van der Waals surface area contributed by atoms with Gasteiger partial charge in [-0.3, -0.25) is 9.59 Å². The van der Waals surface area contributed by atoms with Crippen LogP contribution in [0, 0.1) is 5.92 Å². The molecule has 0 saturated heterocycles. The average Bonchev–Trinajstić information content (AvgIpc) is 3.25. The van der Waals surface area contributed by atoms with Gasteiger partial charge in [0.15, 0.2) is 6.61 Å². The van der Waals surface area contributed by atoms with Crippen molar-refractivity contribution in [1.82, 2.24) is 5.32 Å². The number of nitrogens with two attached hydrogens (primary N) is 1. The average molecular weight is 276 g/mol. The fourth-order valence-corrected chi connectivity index (χ4v) is 1.86. The van der Waals surface area contributed by atoms with Gasteiger partial charge in [0, 0.05) is 12.2 Å². The van der Waals surface area contributed by atoms with Crippen LogP contribution >= 0.6 is 0 Å². The number of nitrogen functional groups attached to an aromatic ring is 1. The van der Waals surface area contributed by atoms with Gasteiger partial charge in [0.2, 0.25) is 0 Å². The van der Waals surface area contributed by atoms with E-state index in [1.807, 2.05) is 6.07 Å². The lowest BCUT2D eigenvalue weighted by Gasteiger charge is -2.12. The fraction of sp³-hybridized carbons (Fsp3) is 0.467. The number of ether oxygens (including phenoxy) is 1. The van der Waals surface area contributed by atoms with Crippen molar-refractivity contribution in [1.29, 1.82) is 0 Å². The van der Waals surface area contributed by atoms with Gasteiger partial charge in [-0.1, -0.05) is 12.1 Å². The molecule has 20 heavy (non-hydrogen) atoms. The Morgan fingerprint density at radius 3 is 2.85 bits per heavy atom. The normalized spacial score (nSPS) is 15.4. The van der Waals surface area contributed by atoms with Crippen molar-refractivity contribution in [2.75, 3.05) is 18.9 Å². The first kappa shape index (κ1) is 14.4. The molecule has 1 aliphatic carbocycles. The largest absolute Gasteiger partial charge is 0.455 e. The van der Waals surface area contributed by atoms with E-state index in [1.54, 1.807) is 25.1 Å². The Bertz CT molecular complexity index is 498. The van der Waals surface area contributed by atoms with Crippen LogP contribution in [-0.2, 0) is 14.3 Å². The minimum atomic E-state index is -0.435. The maximum atomic E-state index is 11.9. The van der Waals surface area contributed by atoms with Crippen LogP contribution in [0.3, 0.4) is 0 Å². The van der Waals surface area contributed by atoms with Crippen LogP contribution in [0.25, 0.3) is 0 Å². The van der Waals surface area contributed by atoms with Crippen LogP contribution in [0.5, 0.6) is 0 Å². The maximum absolute atomic E-state index is 11.9. The van der Waals surface area contributed by atoms with Crippen LogP contribution < -0.4 is 11.1 Å². The molecule has 0 heterocycles. The van der Waals surface area contributed by atoms with E-state index in [4.69, 9.17) is 10.5 Å². The highest BCUT2D eigenvalue weighted by atomic mass is 16.5. The van der Waals surface area contributed by atoms with Crippen molar-refractivity contribution < 1.29 is 14.3 Å². The van der Waals surface area contributed by atoms with Gasteiger partial charge in [0.1, 0.15) is 0 Å². The first-order chi connectivity index (χ1) is 9.56. The molecule has 1 aliphatic rings. The van der Waals surface area contributed by atoms with E-state index in [9.17, 15) is 9.59 Å². The summed E-state index contributed by atoms with van der Waals surface area (Å²) in [6.45, 7) is 2.19. The molecular weight excluding hydrogens is 256 g/mol. The zero-order valence-corrected chi connectivity index (χ0v) is 11.6. The molecule has 1 unspecified atom stereocenters. The quantitative estimate of drug-likeness (QED) is 0.608. The number of rotatable bonds is 6. The molecule has 1 saturated carbocycles. The Morgan fingerprint density at radius 2 is 2.20 bits per heavy atom. The Hall–Kier alpha value is -2.04. The summed E-state index contributed by atoms with van der Waals surface area (Å²) in [5, 5.41) is 2.75. The van der Waals surface area contributed by atoms with Gasteiger partial charge in [0.05, 0.1) is 5.92 Å². The molecule has 1 aromatic rings. The molecule has 0 aliphatic heterocycles. The molecule has 1 fully saturated rings. The zero-order chi connectivity index (χ0) is 14.5. The Labute approximate surface area is 118 Å². The Kier molecular flexibility index (Phi) is 4.61. The highest BCUT2D eigenvalue weighted by molar-refractivity contribution is 5.83. The number of amides is 1. The molecule has 3 N–H and O–H groups in total. The number of nitrogens with one attached hydrogen (secondary N) is 1. The summed E-state index contributed by atoms with van der Waals surface area (Å²) in [5.41, 5.74) is 7.06. The van der Waals surface area contributed by atoms with Gasteiger partial charge in [-0.15, -0.1) is 0 Å². The number of hydrogen-bond acceptors (Lipinski definition) is 4. The standard InChI is InChI=1S/C15H20N2O3/c1-10(12-3-2-4-13(16)7-12)15(19)20-9-14(18)17-8-11-5-6-11/h2-4,7,10-11H,5-6,8-9,16H2,1H3,(H,17,18). The van der Waals surface area contributed by atoms with Crippen molar-refractivity contribution in [2.45, 2.75) is 25.7 Å². The zero-order valence-electron chi connectivity index (χ0n) is 11.6. The Morgan fingerprint density at radius 1 is 1.45 bits per heavy atom. The van der Waals surface area contributed by atoms with E-state index in [2.05, 4.69) is 5.32 Å². The second-order valence-corrected chi connectivity index (χ2v) is 5.25. The molecule has 108 valence electrons. The third kappa shape index (κ3) is 4.26. The van der Waals surface area contributed by atoms with Crippen LogP contribution in [0.15, 0.2) is 24.3 Å². The predicted octanol–water partition coefficient (Wildman–Crippen LogP) is 1.44. The van der Waals surface area contributed by atoms with E-state index in [0.29, 0.717) is 18.2 Å². The summed E-state index contributed by atoms with van der Waals surface area (Å²) in [6.07, 6.45) is 2.35. The van der Waals surface area contributed by atoms with Crippen LogP contribution in [0.2, 0.25) is 0 Å². The molecule has 5 heteroatoms. The maximum Gasteiger partial charge on any atom is 0.313 e. The molecule has 2 rings (SSSR count). The SMILES string of the molecule is CC(C(=O)OCC(=O)NCC1CC1)c1cccc(N)c1. The van der Waals surface area contributed by atoms with Crippen molar-refractivity contribution in [3.05, 3.63) is 29.8 Å². The fourth-order valence-electron chi connectivity index (χ4n) is 1.86. The first-order valence-corrected chi connectivity index (χ1v) is 6.85. The van der Waals surface area contributed by atoms with Gasteiger partial charge >= 0.3 is 5.97 Å². The van der Waals surface area contributed by atoms with Crippen LogP contribution in [0.1, 0.15) is 31.2 Å². The Balaban J connectivity index is 1.76. The monoisotopic (exact) mass is 276 g/mol. The molecule has 5 nitrogen and oxygen atoms in total. The lowest BCUT2D eigenvalue weighted by molar-refractivity contribution is -0.149. The lowest BCUT2D eigenvalue weighted by atomic mass is 10.0. The van der Waals surface area contributed by atoms with Gasteiger partial charge in [-0.25, -0.2) is 0 Å². The van der Waals surface area contributed by atoms with Crippen molar-refractivity contribution in [3.8, 4) is 0 Å². The number of carbonyl (C=O) groups excluding carboxylic acids is 2. The number of hydrogen-bond donors (Lipinski definition) is 2. The second-order valence-electron chi connectivity index (χ2n) is 5.25. The van der Waals surface area contributed by atoms with E-state index in [0.717, 1.165) is 5.56 Å². The summed E-state index contributed by atoms with van der Waals surface area (Å²) in [5.74, 6) is -0.488. The molecule has 1 aromatic carbocycles. The predicted molar refractivity (Wildman–Crippen MR) is 76.0 cm³/mol. The topological polar surface area (TPSA) is 81.4 Å². The second kappa shape index (κ2) is 6.41. The molecular formula is C15H20N2O3. The number of benzene rings is 1. The van der Waals surface area contributed by atoms with E-state index in [-0.39, 0.29) is 12.5 Å². The first-order valence-electron chi connectivity index (χ1n) is 6.85. The summed E-state index contributed by atoms with van der Waals surface area (Å²) in [7, 11) is 0. The van der Waals surface area contributed by atoms with Crippen molar-refractivity contribution in [3.63, 3.8) is 0 Å². The van der Waals surface area contributed by atoms with E-state index < -0.39 is 11.9 Å². The van der Waals surface area contributed by atoms with Crippen LogP contribution in [-0.4, -0.2) is 25.0 Å². The van der Waals surface area contributed by atoms with Gasteiger partial charge in [0.25, 0.3) is 5.91 Å². The number of esters is 1. The van der Waals surface area contributed by atoms with Gasteiger partial charge in [-0.05, 0) is 43.4 Å². The molecule has 0 radical (unpaired) electrons. The summed E-state index contributed by atoms with van der Waals surface area (Å²) >= 11 is 0. The molecule has 1 atom stereocenters. The van der Waals surface area contributed by atoms with Crippen molar-refractivity contribution in [2.24, 2.45) is 5.92 Å². The van der Waals surface area contributed by atoms with Gasteiger partial charge < -0.3 is 15.8 Å². The minimum absolute atomic E-state index is 0.224. The number of carbonyl (C=O) groups is 2. The highest BCUT2D eigenvalue weighted by Gasteiger charge is 2.22. The smallest absolute Gasteiger partial charge is 0.313 e. The molecule has 1 amide bonds. The van der Waals surface area contributed by atoms with Gasteiger partial charge in [-0.2, -0.15) is 0 Å². The summed E-state index contributed by atoms with van der Waals surface area (Å²) < 4.78 is 5.02. The molecule has 0 spiro atoms. The molecule has 0 aromatic heterocycles. The van der Waals surface area contributed by atoms with Crippen LogP contribution in [0.4, 0.5) is 5.69 Å². The lowest BCUT2D eigenvalue weighted by Crippen LogP contribution is -2.31. The molecule has 0 bridgehead atoms. The number of anilines is 1. The van der Waals surface area contributed by atoms with Crippen molar-refractivity contribution >= 4 is 17.6 Å². The third-order valence-electron chi connectivity index (χ3n) is 3.39. The summed E-state index contributed by atoms with van der Waals surface area (Å²) in [6, 6.07) is 7.10. The highest BCUT2D eigenvalue weighted by Crippen LogP contribution is 2.27. The van der Waals surface area contributed by atoms with E-state index in [1.165, 1.54) is 12.8 Å². The van der Waals surface area contributed by atoms with E-state index >= 15 is 0 Å². The minimum Gasteiger partial charge on any atom is -0.455 e. The summed E-state index contributed by atoms with van der Waals surface area (Å²) in [4.78, 5) is 23.4. The third-order valence-corrected chi connectivity index (χ3v) is 3.39.